The summed E-state index contributed by atoms with van der Waals surface area (Å²) in [5.74, 6) is -0.684. The van der Waals surface area contributed by atoms with Gasteiger partial charge in [0.25, 0.3) is 0 Å². The Morgan fingerprint density at radius 3 is 2.00 bits per heavy atom. The van der Waals surface area contributed by atoms with Crippen molar-refractivity contribution in [3.8, 4) is 0 Å². The number of rotatable bonds is 2. The number of carbonyl (C=O) groups excluding carboxylic acids is 3. The molecule has 0 spiro atoms. The van der Waals surface area contributed by atoms with E-state index in [1.807, 2.05) is 19.2 Å². The first-order valence-electron chi connectivity index (χ1n) is 4.13. The molecule has 0 heterocycles. The van der Waals surface area contributed by atoms with E-state index in [0.717, 1.165) is 0 Å². The molecule has 76 valence electrons. The van der Waals surface area contributed by atoms with Gasteiger partial charge in [-0.25, -0.2) is 4.79 Å². The van der Waals surface area contributed by atoms with Gasteiger partial charge in [-0.1, -0.05) is 27.7 Å². The third-order valence-electron chi connectivity index (χ3n) is 0.951. The van der Waals surface area contributed by atoms with Crippen molar-refractivity contribution < 1.29 is 14.4 Å². The summed E-state index contributed by atoms with van der Waals surface area (Å²) in [6.45, 7) is 7.28. The van der Waals surface area contributed by atoms with E-state index in [4.69, 9.17) is 0 Å². The summed E-state index contributed by atoms with van der Waals surface area (Å²) in [4.78, 5) is 30.9. The molecule has 13 heavy (non-hydrogen) atoms. The summed E-state index contributed by atoms with van der Waals surface area (Å²) in [7, 11) is 0. The van der Waals surface area contributed by atoms with Gasteiger partial charge < -0.3 is 0 Å². The molecule has 0 radical (unpaired) electrons. The van der Waals surface area contributed by atoms with Crippen molar-refractivity contribution in [2.45, 2.75) is 27.7 Å². The minimum Gasteiger partial charge on any atom is -0.280 e. The molecule has 0 aromatic heterocycles. The molecule has 0 atom stereocenters. The van der Waals surface area contributed by atoms with Crippen molar-refractivity contribution >= 4 is 18.3 Å². The molecule has 0 aromatic rings. The van der Waals surface area contributed by atoms with Gasteiger partial charge in [0.1, 0.15) is 0 Å². The fourth-order valence-electron chi connectivity index (χ4n) is 0.346. The van der Waals surface area contributed by atoms with Crippen LogP contribution in [0.15, 0.2) is 0 Å². The van der Waals surface area contributed by atoms with Crippen molar-refractivity contribution in [1.82, 2.24) is 10.6 Å². The predicted octanol–water partition coefficient (Wildman–Crippen LogP) is 0.651. The first-order valence-corrected chi connectivity index (χ1v) is 4.13. The fraction of sp³-hybridized carbons (Fsp3) is 0.625. The lowest BCUT2D eigenvalue weighted by atomic mass is 10.2. The Bertz CT molecular complexity index is 178. The zero-order valence-corrected chi connectivity index (χ0v) is 8.38. The van der Waals surface area contributed by atoms with E-state index in [9.17, 15) is 14.4 Å². The van der Waals surface area contributed by atoms with Gasteiger partial charge >= 0.3 is 6.03 Å². The Labute approximate surface area is 77.9 Å². The van der Waals surface area contributed by atoms with Crippen LogP contribution >= 0.6 is 0 Å². The quantitative estimate of drug-likeness (QED) is 0.625. The summed E-state index contributed by atoms with van der Waals surface area (Å²) in [6, 6.07) is -0.793. The van der Waals surface area contributed by atoms with E-state index in [0.29, 0.717) is 0 Å². The summed E-state index contributed by atoms with van der Waals surface area (Å²) < 4.78 is 0. The van der Waals surface area contributed by atoms with Crippen LogP contribution in [0, 0.1) is 5.92 Å². The highest BCUT2D eigenvalue weighted by Gasteiger charge is 2.09. The van der Waals surface area contributed by atoms with E-state index >= 15 is 0 Å². The maximum Gasteiger partial charge on any atom is 0.327 e. The Morgan fingerprint density at radius 2 is 1.69 bits per heavy atom. The van der Waals surface area contributed by atoms with Crippen LogP contribution in [0.5, 0.6) is 0 Å². The summed E-state index contributed by atoms with van der Waals surface area (Å²) in [6.07, 6.45) is 0.211. The van der Waals surface area contributed by atoms with Gasteiger partial charge in [-0.2, -0.15) is 0 Å². The number of imide groups is 2. The number of hydrogen-bond donors (Lipinski definition) is 2. The molecule has 2 N–H and O–H groups in total. The molecule has 0 aliphatic rings. The molecular weight excluding hydrogens is 172 g/mol. The fourth-order valence-corrected chi connectivity index (χ4v) is 0.346. The lowest BCUT2D eigenvalue weighted by molar-refractivity contribution is -0.122. The predicted molar refractivity (Wildman–Crippen MR) is 48.9 cm³/mol. The summed E-state index contributed by atoms with van der Waals surface area (Å²) in [5.41, 5.74) is 0. The standard InChI is InChI=1S/C6H10N2O3.C2H6/c1-4(2)5(10)8-6(11)7-3-9;1-2/h3-4H,1-2H3,(H2,7,8,9,10,11);1-2H3. The average Bonchev–Trinajstić information content (AvgIpc) is 2.08. The molecule has 0 fully saturated rings. The van der Waals surface area contributed by atoms with Gasteiger partial charge in [0.05, 0.1) is 0 Å². The lowest BCUT2D eigenvalue weighted by Gasteiger charge is -2.03. The van der Waals surface area contributed by atoms with Gasteiger partial charge in [-0.15, -0.1) is 0 Å². The van der Waals surface area contributed by atoms with Crippen LogP contribution in [0.3, 0.4) is 0 Å². The first-order chi connectivity index (χ1) is 6.07. The molecule has 0 aliphatic heterocycles. The molecule has 0 aromatic carbocycles. The van der Waals surface area contributed by atoms with Crippen LogP contribution in [0.1, 0.15) is 27.7 Å². The molecular formula is C8H16N2O3. The van der Waals surface area contributed by atoms with E-state index < -0.39 is 11.9 Å². The zero-order chi connectivity index (χ0) is 10.9. The molecule has 5 nitrogen and oxygen atoms in total. The second-order valence-electron chi connectivity index (χ2n) is 2.24. The van der Waals surface area contributed by atoms with Crippen LogP contribution in [-0.2, 0) is 9.59 Å². The zero-order valence-electron chi connectivity index (χ0n) is 8.38. The highest BCUT2D eigenvalue weighted by Crippen LogP contribution is 1.89. The van der Waals surface area contributed by atoms with Crippen molar-refractivity contribution in [1.29, 1.82) is 0 Å². The number of nitrogens with one attached hydrogen (secondary N) is 2. The van der Waals surface area contributed by atoms with E-state index in [1.54, 1.807) is 19.2 Å². The summed E-state index contributed by atoms with van der Waals surface area (Å²) >= 11 is 0. The van der Waals surface area contributed by atoms with Crippen molar-refractivity contribution in [2.24, 2.45) is 5.92 Å². The van der Waals surface area contributed by atoms with Crippen LogP contribution < -0.4 is 10.6 Å². The first kappa shape index (κ1) is 14.2. The topological polar surface area (TPSA) is 75.3 Å². The second kappa shape index (κ2) is 8.70. The SMILES string of the molecule is CC.CC(C)C(=O)NC(=O)NC=O. The van der Waals surface area contributed by atoms with E-state index in [2.05, 4.69) is 0 Å². The van der Waals surface area contributed by atoms with Crippen molar-refractivity contribution in [2.75, 3.05) is 0 Å². The number of hydrogen-bond acceptors (Lipinski definition) is 3. The van der Waals surface area contributed by atoms with E-state index in [-0.39, 0.29) is 12.3 Å². The number of carbonyl (C=O) groups is 3. The van der Waals surface area contributed by atoms with Crippen LogP contribution in [-0.4, -0.2) is 18.3 Å². The molecule has 0 unspecified atom stereocenters. The van der Waals surface area contributed by atoms with Gasteiger partial charge in [0, 0.05) is 5.92 Å². The molecule has 0 saturated carbocycles. The number of urea groups is 1. The molecule has 4 amide bonds. The maximum atomic E-state index is 10.7. The smallest absolute Gasteiger partial charge is 0.280 e. The minimum absolute atomic E-state index is 0.211. The van der Waals surface area contributed by atoms with Crippen LogP contribution in [0.25, 0.3) is 0 Å². The largest absolute Gasteiger partial charge is 0.327 e. The minimum atomic E-state index is -0.793. The van der Waals surface area contributed by atoms with Crippen molar-refractivity contribution in [3.05, 3.63) is 0 Å². The van der Waals surface area contributed by atoms with Crippen LogP contribution in [0.2, 0.25) is 0 Å². The van der Waals surface area contributed by atoms with Gasteiger partial charge in [0.2, 0.25) is 12.3 Å². The maximum absolute atomic E-state index is 10.7. The summed E-state index contributed by atoms with van der Waals surface area (Å²) in [5, 5.41) is 3.74. The molecule has 5 heteroatoms. The highest BCUT2D eigenvalue weighted by atomic mass is 16.2. The molecule has 0 aliphatic carbocycles. The Morgan fingerprint density at radius 1 is 1.23 bits per heavy atom. The van der Waals surface area contributed by atoms with Crippen LogP contribution in [0.4, 0.5) is 4.79 Å². The Hall–Kier alpha value is -1.39. The molecule has 0 rings (SSSR count). The van der Waals surface area contributed by atoms with Gasteiger partial charge in [-0.05, 0) is 0 Å². The third-order valence-corrected chi connectivity index (χ3v) is 0.951. The average molecular weight is 188 g/mol. The third kappa shape index (κ3) is 8.52. The second-order valence-corrected chi connectivity index (χ2v) is 2.24. The normalized spacial score (nSPS) is 8.08. The molecule has 0 saturated heterocycles. The Kier molecular flexibility index (Phi) is 9.48. The van der Waals surface area contributed by atoms with Gasteiger partial charge in [0.15, 0.2) is 0 Å². The van der Waals surface area contributed by atoms with Crippen molar-refractivity contribution in [3.63, 3.8) is 0 Å². The monoisotopic (exact) mass is 188 g/mol. The van der Waals surface area contributed by atoms with Gasteiger partial charge in [-0.3, -0.25) is 20.2 Å². The van der Waals surface area contributed by atoms with E-state index in [1.165, 1.54) is 0 Å². The highest BCUT2D eigenvalue weighted by molar-refractivity contribution is 5.98. The Balaban J connectivity index is 0. The molecule has 0 bridgehead atoms. The number of amides is 4. The lowest BCUT2D eigenvalue weighted by Crippen LogP contribution is -2.40.